The van der Waals surface area contributed by atoms with Crippen LogP contribution in [-0.2, 0) is 16.0 Å². The molecule has 0 radical (unpaired) electrons. The molecule has 1 aromatic heterocycles. The number of carbonyl (C=O) groups excluding carboxylic acids is 1. The van der Waals surface area contributed by atoms with Gasteiger partial charge in [0.25, 0.3) is 0 Å². The number of nitrogens with zero attached hydrogens (tertiary/aromatic N) is 4. The molecule has 0 spiro atoms. The summed E-state index contributed by atoms with van der Waals surface area (Å²) >= 11 is 0. The summed E-state index contributed by atoms with van der Waals surface area (Å²) in [4.78, 5) is 18.5. The summed E-state index contributed by atoms with van der Waals surface area (Å²) < 4.78 is 47.7. The molecule has 0 bridgehead atoms. The highest BCUT2D eigenvalue weighted by molar-refractivity contribution is 5.73. The zero-order chi connectivity index (χ0) is 25.6. The summed E-state index contributed by atoms with van der Waals surface area (Å²) in [5, 5.41) is 4.37. The molecule has 3 rings (SSSR count). The molecule has 0 N–H and O–H groups in total. The van der Waals surface area contributed by atoms with E-state index in [-0.39, 0.29) is 18.1 Å². The number of hydrogen-bond donors (Lipinski definition) is 0. The van der Waals surface area contributed by atoms with Crippen molar-refractivity contribution in [2.75, 3.05) is 20.6 Å². The first-order valence-electron chi connectivity index (χ1n) is 10.6. The van der Waals surface area contributed by atoms with Gasteiger partial charge in [-0.3, -0.25) is 9.69 Å². The Labute approximate surface area is 201 Å². The highest BCUT2D eigenvalue weighted by Gasteiger charge is 2.31. The van der Waals surface area contributed by atoms with Crippen LogP contribution >= 0.6 is 0 Å². The zero-order valence-corrected chi connectivity index (χ0v) is 19.8. The standard InChI is InChI=1S/C25H25F3N4O3/c1-24(2,14-5-15-31(3)4)35-22(33)16-18-6-8-19(9-7-18)23-29-17-32(30-23)20-10-12-21(13-11-20)34-25(26,27)28/h6-13,17H,15-16H2,1-4H3. The van der Waals surface area contributed by atoms with Crippen LogP contribution in [-0.4, -0.2) is 58.2 Å². The van der Waals surface area contributed by atoms with Gasteiger partial charge >= 0.3 is 12.3 Å². The molecule has 2 aromatic carbocycles. The summed E-state index contributed by atoms with van der Waals surface area (Å²) in [6.45, 7) is 4.06. The molecule has 184 valence electrons. The number of esters is 1. The molecular formula is C25H25F3N4O3. The average Bonchev–Trinajstić information content (AvgIpc) is 3.23. The Balaban J connectivity index is 1.61. The van der Waals surface area contributed by atoms with Crippen LogP contribution in [0.25, 0.3) is 17.1 Å². The lowest BCUT2D eigenvalue weighted by atomic mass is 10.1. The molecule has 0 saturated carbocycles. The third-order valence-electron chi connectivity index (χ3n) is 4.54. The predicted octanol–water partition coefficient (Wildman–Crippen LogP) is 4.26. The van der Waals surface area contributed by atoms with E-state index in [1.807, 2.05) is 19.0 Å². The molecule has 0 saturated heterocycles. The molecule has 10 heteroatoms. The molecule has 0 atom stereocenters. The number of alkyl halides is 3. The van der Waals surface area contributed by atoms with E-state index in [0.717, 1.165) is 5.56 Å². The second-order valence-electron chi connectivity index (χ2n) is 8.45. The van der Waals surface area contributed by atoms with Crippen LogP contribution in [0.3, 0.4) is 0 Å². The van der Waals surface area contributed by atoms with E-state index >= 15 is 0 Å². The van der Waals surface area contributed by atoms with Crippen LogP contribution in [0, 0.1) is 11.8 Å². The fourth-order valence-electron chi connectivity index (χ4n) is 3.02. The van der Waals surface area contributed by atoms with E-state index in [0.29, 0.717) is 23.6 Å². The number of ether oxygens (including phenoxy) is 2. The highest BCUT2D eigenvalue weighted by Crippen LogP contribution is 2.24. The van der Waals surface area contributed by atoms with E-state index in [9.17, 15) is 18.0 Å². The van der Waals surface area contributed by atoms with Crippen molar-refractivity contribution in [1.29, 1.82) is 0 Å². The highest BCUT2D eigenvalue weighted by atomic mass is 19.4. The molecule has 3 aromatic rings. The predicted molar refractivity (Wildman–Crippen MR) is 124 cm³/mol. The van der Waals surface area contributed by atoms with Gasteiger partial charge in [-0.15, -0.1) is 18.3 Å². The SMILES string of the molecule is CN(C)CC#CC(C)(C)OC(=O)Cc1ccc(-c2ncn(-c3ccc(OC(F)(F)F)cc3)n2)cc1. The molecule has 0 aliphatic rings. The summed E-state index contributed by atoms with van der Waals surface area (Å²) in [6, 6.07) is 12.4. The molecule has 0 amide bonds. The second kappa shape index (κ2) is 10.6. The topological polar surface area (TPSA) is 69.5 Å². The van der Waals surface area contributed by atoms with Crippen LogP contribution in [0.5, 0.6) is 5.75 Å². The van der Waals surface area contributed by atoms with Gasteiger partial charge in [0.2, 0.25) is 0 Å². The first-order chi connectivity index (χ1) is 16.4. The van der Waals surface area contributed by atoms with Crippen LogP contribution < -0.4 is 4.74 Å². The Morgan fingerprint density at radius 3 is 2.31 bits per heavy atom. The average molecular weight is 486 g/mol. The molecule has 7 nitrogen and oxygen atoms in total. The Bertz CT molecular complexity index is 1210. The van der Waals surface area contributed by atoms with Gasteiger partial charge in [0.1, 0.15) is 12.1 Å². The van der Waals surface area contributed by atoms with Gasteiger partial charge in [-0.05, 0) is 57.8 Å². The molecule has 0 unspecified atom stereocenters. The van der Waals surface area contributed by atoms with Crippen molar-refractivity contribution >= 4 is 5.97 Å². The smallest absolute Gasteiger partial charge is 0.446 e. The Morgan fingerprint density at radius 2 is 1.71 bits per heavy atom. The van der Waals surface area contributed by atoms with Gasteiger partial charge in [-0.2, -0.15) is 0 Å². The van der Waals surface area contributed by atoms with Gasteiger partial charge < -0.3 is 9.47 Å². The summed E-state index contributed by atoms with van der Waals surface area (Å²) in [5.74, 6) is 5.65. The molecule has 0 aliphatic carbocycles. The minimum Gasteiger partial charge on any atom is -0.446 e. The van der Waals surface area contributed by atoms with E-state index in [1.54, 1.807) is 38.1 Å². The van der Waals surface area contributed by atoms with Crippen molar-refractivity contribution in [2.45, 2.75) is 32.2 Å². The van der Waals surface area contributed by atoms with E-state index in [2.05, 4.69) is 26.7 Å². The zero-order valence-electron chi connectivity index (χ0n) is 19.8. The molecular weight excluding hydrogens is 461 g/mol. The number of halogens is 3. The maximum Gasteiger partial charge on any atom is 0.573 e. The second-order valence-corrected chi connectivity index (χ2v) is 8.45. The number of benzene rings is 2. The lowest BCUT2D eigenvalue weighted by molar-refractivity contribution is -0.274. The molecule has 35 heavy (non-hydrogen) atoms. The summed E-state index contributed by atoms with van der Waals surface area (Å²) in [5.41, 5.74) is 1.11. The summed E-state index contributed by atoms with van der Waals surface area (Å²) in [7, 11) is 3.82. The van der Waals surface area contributed by atoms with Crippen LogP contribution in [0.4, 0.5) is 13.2 Å². The number of hydrogen-bond acceptors (Lipinski definition) is 6. The largest absolute Gasteiger partial charge is 0.573 e. The Hall–Kier alpha value is -3.84. The lowest BCUT2D eigenvalue weighted by Crippen LogP contribution is -2.27. The van der Waals surface area contributed by atoms with Crippen LogP contribution in [0.2, 0.25) is 0 Å². The van der Waals surface area contributed by atoms with Gasteiger partial charge in [0, 0.05) is 5.56 Å². The van der Waals surface area contributed by atoms with Crippen molar-refractivity contribution in [3.63, 3.8) is 0 Å². The minimum atomic E-state index is -4.75. The molecule has 1 heterocycles. The van der Waals surface area contributed by atoms with Gasteiger partial charge in [-0.25, -0.2) is 9.67 Å². The normalized spacial score (nSPS) is 11.7. The maximum atomic E-state index is 12.3. The van der Waals surface area contributed by atoms with Crippen molar-refractivity contribution in [3.8, 4) is 34.7 Å². The first kappa shape index (κ1) is 25.8. The fraction of sp³-hybridized carbons (Fsp3) is 0.320. The van der Waals surface area contributed by atoms with Crippen molar-refractivity contribution in [2.24, 2.45) is 0 Å². The number of aromatic nitrogens is 3. The molecule has 0 fully saturated rings. The van der Waals surface area contributed by atoms with E-state index in [4.69, 9.17) is 4.74 Å². The Morgan fingerprint density at radius 1 is 1.06 bits per heavy atom. The third kappa shape index (κ3) is 8.15. The summed E-state index contributed by atoms with van der Waals surface area (Å²) in [6.07, 6.45) is -3.20. The minimum absolute atomic E-state index is 0.0906. The van der Waals surface area contributed by atoms with Crippen LogP contribution in [0.15, 0.2) is 54.9 Å². The lowest BCUT2D eigenvalue weighted by Gasteiger charge is -2.19. The van der Waals surface area contributed by atoms with Crippen molar-refractivity contribution in [1.82, 2.24) is 19.7 Å². The fourth-order valence-corrected chi connectivity index (χ4v) is 3.02. The van der Waals surface area contributed by atoms with Crippen molar-refractivity contribution < 1.29 is 27.4 Å². The maximum absolute atomic E-state index is 12.3. The van der Waals surface area contributed by atoms with Gasteiger partial charge in [-0.1, -0.05) is 36.1 Å². The number of rotatable bonds is 7. The quantitative estimate of drug-likeness (QED) is 0.367. The monoisotopic (exact) mass is 486 g/mol. The van der Waals surface area contributed by atoms with Gasteiger partial charge in [0.15, 0.2) is 11.4 Å². The number of carbonyl (C=O) groups is 1. The van der Waals surface area contributed by atoms with Crippen LogP contribution in [0.1, 0.15) is 19.4 Å². The Kier molecular flexibility index (Phi) is 7.82. The van der Waals surface area contributed by atoms with Crippen molar-refractivity contribution in [3.05, 3.63) is 60.4 Å². The first-order valence-corrected chi connectivity index (χ1v) is 10.6. The van der Waals surface area contributed by atoms with E-state index < -0.39 is 12.0 Å². The van der Waals surface area contributed by atoms with E-state index in [1.165, 1.54) is 35.3 Å². The molecule has 0 aliphatic heterocycles. The van der Waals surface area contributed by atoms with Gasteiger partial charge in [0.05, 0.1) is 18.7 Å². The third-order valence-corrected chi connectivity index (χ3v) is 4.54.